The van der Waals surface area contributed by atoms with Gasteiger partial charge in [-0.15, -0.1) is 0 Å². The molecule has 2 aliphatic heterocycles. The Balaban J connectivity index is 1.99. The molecule has 0 bridgehead atoms. The lowest BCUT2D eigenvalue weighted by Crippen LogP contribution is -2.43. The second-order valence-corrected chi connectivity index (χ2v) is 21.9. The van der Waals surface area contributed by atoms with Gasteiger partial charge >= 0.3 is 0 Å². The van der Waals surface area contributed by atoms with Crippen LogP contribution < -0.4 is 5.32 Å². The highest BCUT2D eigenvalue weighted by atomic mass is 28.4. The van der Waals surface area contributed by atoms with Gasteiger partial charge in [0, 0.05) is 11.7 Å². The number of nitrogens with zero attached hydrogens (tertiary/aromatic N) is 2. The molecule has 2 heterocycles. The van der Waals surface area contributed by atoms with Crippen LogP contribution in [0.25, 0.3) is 0 Å². The maximum absolute atomic E-state index is 9.87. The van der Waals surface area contributed by atoms with Crippen LogP contribution in [0.4, 0.5) is 0 Å². The average molecular weight is 464 g/mol. The SMILES string of the molecule is CC(C)(C)[Si](C)(C)OCC1CCC(C(C#N)=C2CCC(CO[Si](C)(C)C(C)(C)C)N2)=N1. The fourth-order valence-electron chi connectivity index (χ4n) is 3.35. The Hall–Kier alpha value is -0.946. The molecule has 0 spiro atoms. The molecule has 2 atom stereocenters. The minimum atomic E-state index is -1.77. The third-order valence-corrected chi connectivity index (χ3v) is 16.8. The average Bonchev–Trinajstić information content (AvgIpc) is 3.27. The predicted octanol–water partition coefficient (Wildman–Crippen LogP) is 6.16. The molecule has 31 heavy (non-hydrogen) atoms. The Morgan fingerprint density at radius 3 is 2.03 bits per heavy atom. The van der Waals surface area contributed by atoms with Crippen molar-refractivity contribution in [1.82, 2.24) is 5.32 Å². The summed E-state index contributed by atoms with van der Waals surface area (Å²) in [4.78, 5) is 4.90. The lowest BCUT2D eigenvalue weighted by Gasteiger charge is -2.37. The molecule has 1 saturated heterocycles. The number of aliphatic imine (C=N–C) groups is 1. The molecule has 0 saturated carbocycles. The van der Waals surface area contributed by atoms with Gasteiger partial charge in [-0.25, -0.2) is 0 Å². The lowest BCUT2D eigenvalue weighted by atomic mass is 10.1. The Kier molecular flexibility index (Phi) is 8.06. The van der Waals surface area contributed by atoms with Crippen molar-refractivity contribution in [2.45, 2.75) is 116 Å². The van der Waals surface area contributed by atoms with Crippen molar-refractivity contribution in [2.24, 2.45) is 4.99 Å². The molecular weight excluding hydrogens is 418 g/mol. The number of rotatable bonds is 7. The highest BCUT2D eigenvalue weighted by molar-refractivity contribution is 6.74. The molecule has 0 radical (unpaired) electrons. The van der Waals surface area contributed by atoms with Gasteiger partial charge in [-0.05, 0) is 61.9 Å². The highest BCUT2D eigenvalue weighted by Gasteiger charge is 2.39. The zero-order valence-corrected chi connectivity index (χ0v) is 23.6. The summed E-state index contributed by atoms with van der Waals surface area (Å²) >= 11 is 0. The van der Waals surface area contributed by atoms with Gasteiger partial charge in [0.1, 0.15) is 6.07 Å². The normalized spacial score (nSPS) is 24.6. The smallest absolute Gasteiger partial charge is 0.192 e. The van der Waals surface area contributed by atoms with E-state index in [9.17, 15) is 5.26 Å². The Bertz CT molecular complexity index is 752. The predicted molar refractivity (Wildman–Crippen MR) is 136 cm³/mol. The van der Waals surface area contributed by atoms with E-state index in [-0.39, 0.29) is 22.2 Å². The second kappa shape index (κ2) is 9.50. The first-order chi connectivity index (χ1) is 14.1. The summed E-state index contributed by atoms with van der Waals surface area (Å²) in [6, 6.07) is 2.90. The number of allylic oxidation sites excluding steroid dienone is 2. The maximum atomic E-state index is 9.87. The van der Waals surface area contributed by atoms with Crippen LogP contribution in [0.2, 0.25) is 36.3 Å². The molecule has 0 aromatic rings. The zero-order valence-electron chi connectivity index (χ0n) is 21.6. The van der Waals surface area contributed by atoms with Crippen LogP contribution in [0.5, 0.6) is 0 Å². The summed E-state index contributed by atoms with van der Waals surface area (Å²) in [6.07, 6.45) is 3.75. The van der Waals surface area contributed by atoms with Gasteiger partial charge in [0.2, 0.25) is 0 Å². The molecule has 2 unspecified atom stereocenters. The molecule has 5 nitrogen and oxygen atoms in total. The largest absolute Gasteiger partial charge is 0.415 e. The number of hydrogen-bond acceptors (Lipinski definition) is 5. The van der Waals surface area contributed by atoms with Crippen molar-refractivity contribution < 1.29 is 8.85 Å². The Morgan fingerprint density at radius 1 is 0.968 bits per heavy atom. The lowest BCUT2D eigenvalue weighted by molar-refractivity contribution is 0.255. The molecule has 0 amide bonds. The molecule has 0 aromatic carbocycles. The van der Waals surface area contributed by atoms with Crippen molar-refractivity contribution >= 4 is 22.3 Å². The van der Waals surface area contributed by atoms with E-state index in [1.54, 1.807) is 0 Å². The fourth-order valence-corrected chi connectivity index (χ4v) is 5.44. The minimum absolute atomic E-state index is 0.173. The summed E-state index contributed by atoms with van der Waals surface area (Å²) in [7, 11) is -3.53. The fraction of sp³-hybridized carbons (Fsp3) is 0.833. The van der Waals surface area contributed by atoms with Gasteiger partial charge in [-0.1, -0.05) is 41.5 Å². The van der Waals surface area contributed by atoms with Gasteiger partial charge < -0.3 is 14.2 Å². The van der Waals surface area contributed by atoms with E-state index in [1.807, 2.05) is 0 Å². The first kappa shape index (κ1) is 26.3. The van der Waals surface area contributed by atoms with Crippen molar-refractivity contribution in [3.8, 4) is 6.07 Å². The first-order valence-corrected chi connectivity index (χ1v) is 17.6. The third kappa shape index (κ3) is 6.53. The van der Waals surface area contributed by atoms with Gasteiger partial charge in [-0.3, -0.25) is 4.99 Å². The molecule has 7 heteroatoms. The number of hydrogen-bond donors (Lipinski definition) is 1. The van der Waals surface area contributed by atoms with Crippen molar-refractivity contribution in [2.75, 3.05) is 13.2 Å². The van der Waals surface area contributed by atoms with Gasteiger partial charge in [-0.2, -0.15) is 5.26 Å². The van der Waals surface area contributed by atoms with E-state index in [0.29, 0.717) is 13.2 Å². The molecular formula is C24H45N3O2Si2. The summed E-state index contributed by atoms with van der Waals surface area (Å²) in [5, 5.41) is 13.9. The van der Waals surface area contributed by atoms with Crippen LogP contribution in [0.3, 0.4) is 0 Å². The number of nitriles is 1. The third-order valence-electron chi connectivity index (χ3n) is 7.77. The van der Waals surface area contributed by atoms with Gasteiger partial charge in [0.15, 0.2) is 16.6 Å². The van der Waals surface area contributed by atoms with E-state index in [1.165, 1.54) is 0 Å². The zero-order chi connectivity index (χ0) is 23.7. The van der Waals surface area contributed by atoms with Crippen LogP contribution in [-0.2, 0) is 8.85 Å². The van der Waals surface area contributed by atoms with Gasteiger partial charge in [0.05, 0.1) is 30.5 Å². The highest BCUT2D eigenvalue weighted by Crippen LogP contribution is 2.38. The Morgan fingerprint density at radius 2 is 1.52 bits per heavy atom. The molecule has 0 aromatic heterocycles. The van der Waals surface area contributed by atoms with Crippen LogP contribution in [0, 0.1) is 11.3 Å². The summed E-state index contributed by atoms with van der Waals surface area (Å²) in [5.74, 6) is 0. The van der Waals surface area contributed by atoms with E-state index >= 15 is 0 Å². The first-order valence-electron chi connectivity index (χ1n) is 11.8. The summed E-state index contributed by atoms with van der Waals surface area (Å²) < 4.78 is 12.8. The van der Waals surface area contributed by atoms with Crippen LogP contribution in [-0.4, -0.2) is 47.6 Å². The summed E-state index contributed by atoms with van der Waals surface area (Å²) in [5.41, 5.74) is 2.76. The minimum Gasteiger partial charge on any atom is -0.415 e. The van der Waals surface area contributed by atoms with Crippen molar-refractivity contribution in [3.05, 3.63) is 11.3 Å². The quantitative estimate of drug-likeness (QED) is 0.362. The standard InChI is InChI=1S/C24H45N3O2Si2/c1-23(2,3)30(7,8)28-16-18-11-13-21(26-18)20(15-25)22-14-12-19(27-22)17-29-31(9,10)24(4,5)6/h18-19,26H,11-14,16-17H2,1-10H3. The maximum Gasteiger partial charge on any atom is 0.192 e. The number of nitrogens with one attached hydrogen (secondary N) is 1. The van der Waals surface area contributed by atoms with Crippen LogP contribution in [0.15, 0.2) is 16.3 Å². The molecule has 1 fully saturated rings. The molecule has 1 N–H and O–H groups in total. The molecule has 2 aliphatic rings. The second-order valence-electron chi connectivity index (χ2n) is 12.3. The van der Waals surface area contributed by atoms with E-state index in [0.717, 1.165) is 42.7 Å². The topological polar surface area (TPSA) is 66.6 Å². The molecule has 0 aliphatic carbocycles. The van der Waals surface area contributed by atoms with Crippen LogP contribution >= 0.6 is 0 Å². The van der Waals surface area contributed by atoms with Gasteiger partial charge in [0.25, 0.3) is 0 Å². The van der Waals surface area contributed by atoms with E-state index < -0.39 is 16.6 Å². The van der Waals surface area contributed by atoms with Crippen molar-refractivity contribution in [3.63, 3.8) is 0 Å². The Labute approximate surface area is 193 Å². The van der Waals surface area contributed by atoms with Crippen LogP contribution in [0.1, 0.15) is 67.2 Å². The van der Waals surface area contributed by atoms with Crippen molar-refractivity contribution in [1.29, 1.82) is 5.26 Å². The molecule has 2 rings (SSSR count). The van der Waals surface area contributed by atoms with E-state index in [4.69, 9.17) is 13.8 Å². The van der Waals surface area contributed by atoms with E-state index in [2.05, 4.69) is 79.1 Å². The molecule has 176 valence electrons. The monoisotopic (exact) mass is 463 g/mol. The summed E-state index contributed by atoms with van der Waals surface area (Å²) in [6.45, 7) is 24.1.